The minimum Gasteiger partial charge on any atom is -0.275 e. The zero-order valence-corrected chi connectivity index (χ0v) is 10.7. The van der Waals surface area contributed by atoms with Gasteiger partial charge in [0.2, 0.25) is 0 Å². The summed E-state index contributed by atoms with van der Waals surface area (Å²) in [6.07, 6.45) is 2.30. The Morgan fingerprint density at radius 3 is 2.89 bits per heavy atom. The summed E-state index contributed by atoms with van der Waals surface area (Å²) in [6.45, 7) is 0. The molecule has 1 aromatic carbocycles. The average Bonchev–Trinajstić information content (AvgIpc) is 2.77. The lowest BCUT2D eigenvalue weighted by Crippen LogP contribution is -2.30. The molecule has 1 heterocycles. The number of rotatable bonds is 4. The van der Waals surface area contributed by atoms with Crippen molar-refractivity contribution in [3.05, 3.63) is 52.6 Å². The standard InChI is InChI=1S/C12H14ClFN4/c1-18-5-4-11(17-18)12(16-15)7-8-6-9(14)2-3-10(8)13/h2-6,12,16H,7,15H2,1H3. The van der Waals surface area contributed by atoms with Crippen molar-refractivity contribution in [2.24, 2.45) is 12.9 Å². The lowest BCUT2D eigenvalue weighted by atomic mass is 10.0. The Morgan fingerprint density at radius 2 is 2.28 bits per heavy atom. The molecule has 96 valence electrons. The molecule has 1 unspecified atom stereocenters. The van der Waals surface area contributed by atoms with Crippen molar-refractivity contribution in [1.82, 2.24) is 15.2 Å². The van der Waals surface area contributed by atoms with Crippen molar-refractivity contribution in [3.8, 4) is 0 Å². The van der Waals surface area contributed by atoms with E-state index in [1.54, 1.807) is 4.68 Å². The number of hydrogen-bond acceptors (Lipinski definition) is 3. The molecule has 4 nitrogen and oxygen atoms in total. The summed E-state index contributed by atoms with van der Waals surface area (Å²) in [5.74, 6) is 5.20. The molecule has 6 heteroatoms. The van der Waals surface area contributed by atoms with Gasteiger partial charge in [0.05, 0.1) is 11.7 Å². The molecule has 2 aromatic rings. The summed E-state index contributed by atoms with van der Waals surface area (Å²) in [5.41, 5.74) is 4.16. The van der Waals surface area contributed by atoms with E-state index >= 15 is 0 Å². The van der Waals surface area contributed by atoms with E-state index in [0.717, 1.165) is 5.69 Å². The quantitative estimate of drug-likeness (QED) is 0.658. The molecular weight excluding hydrogens is 255 g/mol. The number of aryl methyl sites for hydroxylation is 1. The first kappa shape index (κ1) is 13.0. The van der Waals surface area contributed by atoms with Crippen LogP contribution in [0.25, 0.3) is 0 Å². The van der Waals surface area contributed by atoms with Gasteiger partial charge in [0.1, 0.15) is 5.82 Å². The smallest absolute Gasteiger partial charge is 0.123 e. The number of nitrogens with two attached hydrogens (primary N) is 1. The normalized spacial score (nSPS) is 12.7. The van der Waals surface area contributed by atoms with Crippen molar-refractivity contribution >= 4 is 11.6 Å². The predicted octanol–water partition coefficient (Wildman–Crippen LogP) is 1.96. The zero-order chi connectivity index (χ0) is 13.1. The maximum atomic E-state index is 13.2. The molecule has 1 atom stereocenters. The summed E-state index contributed by atoms with van der Waals surface area (Å²) in [4.78, 5) is 0. The zero-order valence-electron chi connectivity index (χ0n) is 9.90. The highest BCUT2D eigenvalue weighted by Crippen LogP contribution is 2.23. The van der Waals surface area contributed by atoms with E-state index in [2.05, 4.69) is 10.5 Å². The molecule has 0 fully saturated rings. The Balaban J connectivity index is 2.22. The van der Waals surface area contributed by atoms with Crippen molar-refractivity contribution in [1.29, 1.82) is 0 Å². The van der Waals surface area contributed by atoms with E-state index in [9.17, 15) is 4.39 Å². The van der Waals surface area contributed by atoms with E-state index in [4.69, 9.17) is 17.4 Å². The Bertz CT molecular complexity index is 541. The summed E-state index contributed by atoms with van der Waals surface area (Å²) < 4.78 is 14.9. The first-order valence-electron chi connectivity index (χ1n) is 5.49. The first-order valence-corrected chi connectivity index (χ1v) is 5.87. The number of aromatic nitrogens is 2. The molecule has 1 aromatic heterocycles. The molecule has 0 saturated carbocycles. The van der Waals surface area contributed by atoms with Crippen LogP contribution in [0.3, 0.4) is 0 Å². The molecule has 0 aliphatic heterocycles. The molecule has 0 spiro atoms. The van der Waals surface area contributed by atoms with Gasteiger partial charge in [-0.15, -0.1) is 0 Å². The molecule has 0 bridgehead atoms. The lowest BCUT2D eigenvalue weighted by molar-refractivity contribution is 0.527. The van der Waals surface area contributed by atoms with Gasteiger partial charge < -0.3 is 0 Å². The number of halogens is 2. The Morgan fingerprint density at radius 1 is 1.50 bits per heavy atom. The fraction of sp³-hybridized carbons (Fsp3) is 0.250. The fourth-order valence-corrected chi connectivity index (χ4v) is 1.98. The van der Waals surface area contributed by atoms with E-state index in [-0.39, 0.29) is 11.9 Å². The topological polar surface area (TPSA) is 55.9 Å². The average molecular weight is 269 g/mol. The van der Waals surface area contributed by atoms with Crippen molar-refractivity contribution in [3.63, 3.8) is 0 Å². The monoisotopic (exact) mass is 268 g/mol. The third kappa shape index (κ3) is 2.87. The van der Waals surface area contributed by atoms with Crippen LogP contribution in [0.15, 0.2) is 30.5 Å². The second-order valence-electron chi connectivity index (χ2n) is 4.07. The highest BCUT2D eigenvalue weighted by molar-refractivity contribution is 6.31. The van der Waals surface area contributed by atoms with Gasteiger partial charge in [-0.2, -0.15) is 5.10 Å². The molecule has 2 rings (SSSR count). The summed E-state index contributed by atoms with van der Waals surface area (Å²) in [6, 6.07) is 5.94. The predicted molar refractivity (Wildman–Crippen MR) is 68.4 cm³/mol. The molecule has 0 aliphatic rings. The Kier molecular flexibility index (Phi) is 3.96. The second-order valence-corrected chi connectivity index (χ2v) is 4.48. The van der Waals surface area contributed by atoms with Gasteiger partial charge in [-0.05, 0) is 36.2 Å². The third-order valence-corrected chi connectivity index (χ3v) is 3.09. The number of hydrogen-bond donors (Lipinski definition) is 2. The van der Waals surface area contributed by atoms with Crippen LogP contribution in [0.5, 0.6) is 0 Å². The molecule has 0 saturated heterocycles. The van der Waals surface area contributed by atoms with Crippen LogP contribution >= 0.6 is 11.6 Å². The van der Waals surface area contributed by atoms with E-state index < -0.39 is 0 Å². The maximum absolute atomic E-state index is 13.2. The summed E-state index contributed by atoms with van der Waals surface area (Å²) >= 11 is 6.03. The van der Waals surface area contributed by atoms with Gasteiger partial charge in [0, 0.05) is 18.3 Å². The van der Waals surface area contributed by atoms with E-state index in [0.29, 0.717) is 17.0 Å². The highest BCUT2D eigenvalue weighted by Gasteiger charge is 2.15. The second kappa shape index (κ2) is 5.48. The van der Waals surface area contributed by atoms with Crippen LogP contribution in [-0.4, -0.2) is 9.78 Å². The van der Waals surface area contributed by atoms with Gasteiger partial charge in [-0.1, -0.05) is 11.6 Å². The number of nitrogens with zero attached hydrogens (tertiary/aromatic N) is 2. The SMILES string of the molecule is Cn1ccc(C(Cc2cc(F)ccc2Cl)NN)n1. The van der Waals surface area contributed by atoms with Gasteiger partial charge in [0.25, 0.3) is 0 Å². The molecule has 0 radical (unpaired) electrons. The van der Waals surface area contributed by atoms with Crippen LogP contribution < -0.4 is 11.3 Å². The number of hydrazine groups is 1. The summed E-state index contributed by atoms with van der Waals surface area (Å²) in [5, 5.41) is 4.79. The number of benzene rings is 1. The van der Waals surface area contributed by atoms with Gasteiger partial charge >= 0.3 is 0 Å². The minimum atomic E-state index is -0.314. The first-order chi connectivity index (χ1) is 8.60. The number of nitrogens with one attached hydrogen (secondary N) is 1. The van der Waals surface area contributed by atoms with Crippen molar-refractivity contribution in [2.75, 3.05) is 0 Å². The molecule has 18 heavy (non-hydrogen) atoms. The van der Waals surface area contributed by atoms with Crippen LogP contribution in [0.4, 0.5) is 4.39 Å². The van der Waals surface area contributed by atoms with Crippen LogP contribution in [-0.2, 0) is 13.5 Å². The van der Waals surface area contributed by atoms with Crippen LogP contribution in [0.1, 0.15) is 17.3 Å². The summed E-state index contributed by atoms with van der Waals surface area (Å²) in [7, 11) is 1.83. The van der Waals surface area contributed by atoms with Crippen molar-refractivity contribution < 1.29 is 4.39 Å². The Hall–Kier alpha value is -1.43. The molecular formula is C12H14ClFN4. The largest absolute Gasteiger partial charge is 0.275 e. The lowest BCUT2D eigenvalue weighted by Gasteiger charge is -2.14. The van der Waals surface area contributed by atoms with Crippen LogP contribution in [0, 0.1) is 5.82 Å². The van der Waals surface area contributed by atoms with Gasteiger partial charge in [-0.25, -0.2) is 4.39 Å². The molecule has 0 aliphatic carbocycles. The fourth-order valence-electron chi connectivity index (χ4n) is 1.79. The van der Waals surface area contributed by atoms with E-state index in [1.807, 2.05) is 19.3 Å². The van der Waals surface area contributed by atoms with Crippen molar-refractivity contribution in [2.45, 2.75) is 12.5 Å². The minimum absolute atomic E-state index is 0.203. The Labute approximate surface area is 110 Å². The molecule has 0 amide bonds. The third-order valence-electron chi connectivity index (χ3n) is 2.72. The van der Waals surface area contributed by atoms with E-state index in [1.165, 1.54) is 18.2 Å². The highest BCUT2D eigenvalue weighted by atomic mass is 35.5. The maximum Gasteiger partial charge on any atom is 0.123 e. The van der Waals surface area contributed by atoms with Gasteiger partial charge in [-0.3, -0.25) is 16.0 Å². The van der Waals surface area contributed by atoms with Gasteiger partial charge in [0.15, 0.2) is 0 Å². The van der Waals surface area contributed by atoms with Crippen LogP contribution in [0.2, 0.25) is 5.02 Å². The molecule has 3 N–H and O–H groups in total.